The molecule has 0 atom stereocenters. The van der Waals surface area contributed by atoms with Crippen molar-refractivity contribution in [1.29, 1.82) is 0 Å². The highest BCUT2D eigenvalue weighted by Gasteiger charge is 2.22. The van der Waals surface area contributed by atoms with Crippen molar-refractivity contribution in [3.05, 3.63) is 23.8 Å². The lowest BCUT2D eigenvalue weighted by Crippen LogP contribution is -2.36. The Morgan fingerprint density at radius 2 is 2.20 bits per heavy atom. The summed E-state index contributed by atoms with van der Waals surface area (Å²) in [6.07, 6.45) is 2.29. The molecule has 4 nitrogen and oxygen atoms in total. The first kappa shape index (κ1) is 14.9. The molecule has 0 spiro atoms. The molecular weight excluding hydrogens is 278 g/mol. The minimum atomic E-state index is -0.0811. The van der Waals surface area contributed by atoms with Gasteiger partial charge in [0.2, 0.25) is 5.91 Å². The molecule has 0 saturated carbocycles. The number of anilines is 1. The summed E-state index contributed by atoms with van der Waals surface area (Å²) in [6.45, 7) is 2.61. The molecule has 1 aliphatic rings. The Morgan fingerprint density at radius 3 is 2.90 bits per heavy atom. The molecule has 1 heterocycles. The standard InChI is InChI=1S/C15H18ClNO3/c1-2-12(18)10-20-13-5-6-14-11(8-13)4-3-7-17(14)15(19)9-16/h5-6,8H,2-4,7,9-10H2,1H3. The smallest absolute Gasteiger partial charge is 0.241 e. The second kappa shape index (κ2) is 6.75. The van der Waals surface area contributed by atoms with Crippen LogP contribution in [0.15, 0.2) is 18.2 Å². The van der Waals surface area contributed by atoms with E-state index in [9.17, 15) is 9.59 Å². The lowest BCUT2D eigenvalue weighted by Gasteiger charge is -2.29. The van der Waals surface area contributed by atoms with Crippen LogP contribution in [0.25, 0.3) is 0 Å². The highest BCUT2D eigenvalue weighted by atomic mass is 35.5. The van der Waals surface area contributed by atoms with Crippen LogP contribution in [0, 0.1) is 0 Å². The van der Waals surface area contributed by atoms with Crippen molar-refractivity contribution >= 4 is 29.0 Å². The highest BCUT2D eigenvalue weighted by molar-refractivity contribution is 6.29. The van der Waals surface area contributed by atoms with Gasteiger partial charge < -0.3 is 9.64 Å². The van der Waals surface area contributed by atoms with Crippen molar-refractivity contribution in [2.24, 2.45) is 0 Å². The van der Waals surface area contributed by atoms with Gasteiger partial charge in [0, 0.05) is 18.7 Å². The molecule has 0 fully saturated rings. The van der Waals surface area contributed by atoms with E-state index in [1.807, 2.05) is 19.1 Å². The van der Waals surface area contributed by atoms with Gasteiger partial charge in [0.1, 0.15) is 18.2 Å². The minimum Gasteiger partial charge on any atom is -0.486 e. The van der Waals surface area contributed by atoms with E-state index in [-0.39, 0.29) is 24.2 Å². The average Bonchev–Trinajstić information content (AvgIpc) is 2.50. The van der Waals surface area contributed by atoms with E-state index < -0.39 is 0 Å². The van der Waals surface area contributed by atoms with E-state index in [1.165, 1.54) is 0 Å². The molecule has 0 N–H and O–H groups in total. The third-order valence-corrected chi connectivity index (χ3v) is 3.61. The zero-order valence-corrected chi connectivity index (χ0v) is 12.3. The highest BCUT2D eigenvalue weighted by Crippen LogP contribution is 2.30. The van der Waals surface area contributed by atoms with Crippen LogP contribution in [0.5, 0.6) is 5.75 Å². The Bertz CT molecular complexity index is 516. The van der Waals surface area contributed by atoms with Crippen molar-refractivity contribution in [3.63, 3.8) is 0 Å². The van der Waals surface area contributed by atoms with Crippen LogP contribution in [0.4, 0.5) is 5.69 Å². The molecule has 0 bridgehead atoms. The molecule has 0 unspecified atom stereocenters. The van der Waals surface area contributed by atoms with Gasteiger partial charge in [-0.25, -0.2) is 0 Å². The van der Waals surface area contributed by atoms with Crippen LogP contribution in [0.3, 0.4) is 0 Å². The quantitative estimate of drug-likeness (QED) is 0.784. The summed E-state index contributed by atoms with van der Waals surface area (Å²) in [6, 6.07) is 5.57. The van der Waals surface area contributed by atoms with Crippen LogP contribution in [-0.2, 0) is 16.0 Å². The SMILES string of the molecule is CCC(=O)COc1ccc2c(c1)CCCN2C(=O)CCl. The van der Waals surface area contributed by atoms with Crippen LogP contribution in [0.2, 0.25) is 0 Å². The lowest BCUT2D eigenvalue weighted by molar-refractivity contribution is -0.120. The fourth-order valence-electron chi connectivity index (χ4n) is 2.26. The molecule has 5 heteroatoms. The fraction of sp³-hybridized carbons (Fsp3) is 0.467. The summed E-state index contributed by atoms with van der Waals surface area (Å²) in [5.74, 6) is 0.651. The van der Waals surface area contributed by atoms with Gasteiger partial charge in [-0.2, -0.15) is 0 Å². The summed E-state index contributed by atoms with van der Waals surface area (Å²) in [5, 5.41) is 0. The van der Waals surface area contributed by atoms with E-state index in [2.05, 4.69) is 0 Å². The second-order valence-corrected chi connectivity index (χ2v) is 5.02. The van der Waals surface area contributed by atoms with Gasteiger partial charge in [-0.3, -0.25) is 9.59 Å². The summed E-state index contributed by atoms with van der Waals surface area (Å²) in [7, 11) is 0. The molecular formula is C15H18ClNO3. The number of carbonyl (C=O) groups excluding carboxylic acids is 2. The number of aryl methyl sites for hydroxylation is 1. The van der Waals surface area contributed by atoms with E-state index >= 15 is 0 Å². The van der Waals surface area contributed by atoms with Gasteiger partial charge in [0.15, 0.2) is 5.78 Å². The summed E-state index contributed by atoms with van der Waals surface area (Å²) >= 11 is 5.63. The molecule has 0 aliphatic carbocycles. The molecule has 0 saturated heterocycles. The zero-order valence-electron chi connectivity index (χ0n) is 11.5. The number of benzene rings is 1. The van der Waals surface area contributed by atoms with Crippen LogP contribution < -0.4 is 9.64 Å². The first-order chi connectivity index (χ1) is 9.65. The summed E-state index contributed by atoms with van der Waals surface area (Å²) in [5.41, 5.74) is 1.97. The Labute approximate surface area is 123 Å². The third-order valence-electron chi connectivity index (χ3n) is 3.38. The predicted octanol–water partition coefficient (Wildman–Crippen LogP) is 2.56. The molecule has 0 aromatic heterocycles. The number of carbonyl (C=O) groups is 2. The minimum absolute atomic E-state index is 0.0112. The van der Waals surface area contributed by atoms with E-state index in [1.54, 1.807) is 11.0 Å². The van der Waals surface area contributed by atoms with Crippen LogP contribution >= 0.6 is 11.6 Å². The fourth-order valence-corrected chi connectivity index (χ4v) is 2.40. The number of fused-ring (bicyclic) bond motifs is 1. The number of hydrogen-bond donors (Lipinski definition) is 0. The Morgan fingerprint density at radius 1 is 1.40 bits per heavy atom. The largest absolute Gasteiger partial charge is 0.486 e. The number of Topliss-reactive ketones (excluding diaryl/α,β-unsaturated/α-hetero) is 1. The van der Waals surface area contributed by atoms with E-state index in [4.69, 9.17) is 16.3 Å². The average molecular weight is 296 g/mol. The van der Waals surface area contributed by atoms with Crippen molar-refractivity contribution < 1.29 is 14.3 Å². The molecule has 20 heavy (non-hydrogen) atoms. The van der Waals surface area contributed by atoms with Crippen molar-refractivity contribution in [2.75, 3.05) is 23.9 Å². The number of alkyl halides is 1. The first-order valence-corrected chi connectivity index (χ1v) is 7.33. The predicted molar refractivity (Wildman–Crippen MR) is 78.6 cm³/mol. The van der Waals surface area contributed by atoms with Crippen molar-refractivity contribution in [3.8, 4) is 5.75 Å². The Kier molecular flexibility index (Phi) is 5.01. The maximum atomic E-state index is 11.8. The number of ether oxygens (including phenoxy) is 1. The van der Waals surface area contributed by atoms with Gasteiger partial charge in [-0.15, -0.1) is 11.6 Å². The monoisotopic (exact) mass is 295 g/mol. The van der Waals surface area contributed by atoms with Crippen molar-refractivity contribution in [1.82, 2.24) is 0 Å². The second-order valence-electron chi connectivity index (χ2n) is 4.75. The molecule has 2 rings (SSSR count). The number of amides is 1. The maximum Gasteiger partial charge on any atom is 0.241 e. The topological polar surface area (TPSA) is 46.6 Å². The normalized spacial score (nSPS) is 13.8. The van der Waals surface area contributed by atoms with Crippen LogP contribution in [0.1, 0.15) is 25.3 Å². The van der Waals surface area contributed by atoms with E-state index in [0.717, 1.165) is 24.1 Å². The zero-order chi connectivity index (χ0) is 14.5. The lowest BCUT2D eigenvalue weighted by atomic mass is 10.0. The number of halogens is 1. The summed E-state index contributed by atoms with van der Waals surface area (Å²) in [4.78, 5) is 24.8. The van der Waals surface area contributed by atoms with Gasteiger partial charge in [-0.1, -0.05) is 6.92 Å². The molecule has 0 radical (unpaired) electrons. The van der Waals surface area contributed by atoms with Gasteiger partial charge in [-0.05, 0) is 36.6 Å². The number of hydrogen-bond acceptors (Lipinski definition) is 3. The van der Waals surface area contributed by atoms with Gasteiger partial charge >= 0.3 is 0 Å². The van der Waals surface area contributed by atoms with Gasteiger partial charge in [0.25, 0.3) is 0 Å². The molecule has 1 aliphatic heterocycles. The number of nitrogens with zero attached hydrogens (tertiary/aromatic N) is 1. The molecule has 108 valence electrons. The molecule has 1 amide bonds. The first-order valence-electron chi connectivity index (χ1n) is 6.79. The van der Waals surface area contributed by atoms with Crippen molar-refractivity contribution in [2.45, 2.75) is 26.2 Å². The Balaban J connectivity index is 2.15. The molecule has 1 aromatic rings. The van der Waals surface area contributed by atoms with E-state index in [0.29, 0.717) is 18.7 Å². The van der Waals surface area contributed by atoms with Crippen LogP contribution in [-0.4, -0.2) is 30.7 Å². The molecule has 1 aromatic carbocycles. The maximum absolute atomic E-state index is 11.8. The Hall–Kier alpha value is -1.55. The summed E-state index contributed by atoms with van der Waals surface area (Å²) < 4.78 is 5.47. The number of ketones is 1. The van der Waals surface area contributed by atoms with Gasteiger partial charge in [0.05, 0.1) is 0 Å². The number of rotatable bonds is 5. The third kappa shape index (κ3) is 3.31.